The maximum Gasteiger partial charge on any atom is 0.232 e. The summed E-state index contributed by atoms with van der Waals surface area (Å²) in [5.74, 6) is -3.14. The van der Waals surface area contributed by atoms with Crippen LogP contribution in [0.2, 0.25) is 0 Å². The van der Waals surface area contributed by atoms with Gasteiger partial charge in [0.1, 0.15) is 6.33 Å². The maximum atomic E-state index is 13.1. The predicted octanol–water partition coefficient (Wildman–Crippen LogP) is 1.15. The van der Waals surface area contributed by atoms with Crippen molar-refractivity contribution in [3.63, 3.8) is 0 Å². The first-order valence-corrected chi connectivity index (χ1v) is 6.46. The number of carbonyl (C=O) groups is 2. The molecule has 1 aromatic carbocycles. The monoisotopic (exact) mass is 307 g/mol. The molecule has 1 aromatic heterocycles. The Morgan fingerprint density at radius 3 is 3.00 bits per heavy atom. The van der Waals surface area contributed by atoms with Gasteiger partial charge in [0.15, 0.2) is 11.6 Å². The van der Waals surface area contributed by atoms with E-state index in [0.717, 1.165) is 12.1 Å². The van der Waals surface area contributed by atoms with Crippen molar-refractivity contribution in [2.45, 2.75) is 13.0 Å². The maximum absolute atomic E-state index is 13.1. The van der Waals surface area contributed by atoms with E-state index >= 15 is 0 Å². The molecule has 9 heteroatoms. The summed E-state index contributed by atoms with van der Waals surface area (Å²) in [4.78, 5) is 27.6. The first-order valence-electron chi connectivity index (χ1n) is 6.46. The van der Waals surface area contributed by atoms with Gasteiger partial charge in [0, 0.05) is 18.2 Å². The van der Waals surface area contributed by atoms with Gasteiger partial charge in [-0.15, -0.1) is 0 Å². The van der Waals surface area contributed by atoms with Crippen LogP contribution in [-0.2, 0) is 16.1 Å². The molecule has 2 aromatic rings. The van der Waals surface area contributed by atoms with E-state index in [1.807, 2.05) is 0 Å². The van der Waals surface area contributed by atoms with Gasteiger partial charge in [0.05, 0.1) is 12.5 Å². The van der Waals surface area contributed by atoms with Crippen LogP contribution in [-0.4, -0.2) is 26.6 Å². The number of hydrogen-bond donors (Lipinski definition) is 2. The highest BCUT2D eigenvalue weighted by Crippen LogP contribution is 2.19. The van der Waals surface area contributed by atoms with Gasteiger partial charge in [-0.05, 0) is 12.1 Å². The van der Waals surface area contributed by atoms with E-state index < -0.39 is 23.5 Å². The molecule has 0 radical (unpaired) electrons. The highest BCUT2D eigenvalue weighted by atomic mass is 19.2. The van der Waals surface area contributed by atoms with Gasteiger partial charge in [0.25, 0.3) is 0 Å². The van der Waals surface area contributed by atoms with Crippen molar-refractivity contribution in [2.24, 2.45) is 5.92 Å². The van der Waals surface area contributed by atoms with Crippen molar-refractivity contribution in [3.05, 3.63) is 36.2 Å². The molecule has 7 nitrogen and oxygen atoms in total. The minimum atomic E-state index is -1.06. The molecule has 1 aliphatic heterocycles. The highest BCUT2D eigenvalue weighted by Gasteiger charge is 2.29. The zero-order valence-electron chi connectivity index (χ0n) is 11.2. The molecule has 114 valence electrons. The van der Waals surface area contributed by atoms with Crippen LogP contribution in [0.1, 0.15) is 6.42 Å². The molecular weight excluding hydrogens is 296 g/mol. The number of rotatable bonds is 3. The van der Waals surface area contributed by atoms with Crippen LogP contribution in [0.5, 0.6) is 0 Å². The van der Waals surface area contributed by atoms with Crippen molar-refractivity contribution in [2.75, 3.05) is 10.6 Å². The Morgan fingerprint density at radius 1 is 1.41 bits per heavy atom. The summed E-state index contributed by atoms with van der Waals surface area (Å²) in [6.45, 7) is 0.229. The molecule has 2 N–H and O–H groups in total. The fourth-order valence-corrected chi connectivity index (χ4v) is 2.17. The van der Waals surface area contributed by atoms with Crippen molar-refractivity contribution in [3.8, 4) is 0 Å². The molecule has 0 saturated heterocycles. The molecule has 0 fully saturated rings. The Balaban J connectivity index is 1.64. The number of aromatic nitrogens is 3. The lowest BCUT2D eigenvalue weighted by molar-refractivity contribution is -0.125. The van der Waals surface area contributed by atoms with E-state index in [-0.39, 0.29) is 24.6 Å². The lowest BCUT2D eigenvalue weighted by Gasteiger charge is -2.21. The average Bonchev–Trinajstić information content (AvgIpc) is 2.90. The first kappa shape index (κ1) is 14.1. The van der Waals surface area contributed by atoms with E-state index in [1.165, 1.54) is 17.1 Å². The van der Waals surface area contributed by atoms with Crippen molar-refractivity contribution in [1.82, 2.24) is 14.8 Å². The van der Waals surface area contributed by atoms with Crippen molar-refractivity contribution < 1.29 is 18.4 Å². The summed E-state index contributed by atoms with van der Waals surface area (Å²) >= 11 is 0. The summed E-state index contributed by atoms with van der Waals surface area (Å²) in [6, 6.07) is 3.04. The quantitative estimate of drug-likeness (QED) is 0.890. The predicted molar refractivity (Wildman–Crippen MR) is 71.7 cm³/mol. The topological polar surface area (TPSA) is 88.9 Å². The third-order valence-corrected chi connectivity index (χ3v) is 3.25. The third-order valence-electron chi connectivity index (χ3n) is 3.25. The molecule has 3 rings (SSSR count). The fraction of sp³-hybridized carbons (Fsp3) is 0.231. The lowest BCUT2D eigenvalue weighted by atomic mass is 10.0. The molecule has 22 heavy (non-hydrogen) atoms. The van der Waals surface area contributed by atoms with Gasteiger partial charge >= 0.3 is 0 Å². The van der Waals surface area contributed by atoms with Gasteiger partial charge in [-0.1, -0.05) is 0 Å². The first-order chi connectivity index (χ1) is 10.5. The molecule has 2 amide bonds. The second kappa shape index (κ2) is 5.51. The molecule has 0 spiro atoms. The minimum Gasteiger partial charge on any atom is -0.326 e. The Bertz CT molecular complexity index is 746. The smallest absolute Gasteiger partial charge is 0.232 e. The number of fused-ring (bicyclic) bond motifs is 1. The molecule has 0 aliphatic carbocycles. The summed E-state index contributed by atoms with van der Waals surface area (Å²) in [7, 11) is 0. The van der Waals surface area contributed by atoms with Crippen molar-refractivity contribution in [1.29, 1.82) is 0 Å². The Labute approximate surface area is 123 Å². The number of nitrogens with one attached hydrogen (secondary N) is 2. The summed E-state index contributed by atoms with van der Waals surface area (Å²) in [5.41, 5.74) is 0.126. The standard InChI is InChI=1S/C13H11F2N5O2/c14-9-2-1-8(4-10(9)15)18-11(21)3-7-5-20-13(16-6-17-20)19-12(7)22/h1-2,4,6-7H,3,5H2,(H,18,21)(H,16,17,19,22). The van der Waals surface area contributed by atoms with Gasteiger partial charge in [-0.2, -0.15) is 10.1 Å². The van der Waals surface area contributed by atoms with E-state index in [4.69, 9.17) is 0 Å². The number of benzene rings is 1. The Hall–Kier alpha value is -2.84. The number of nitrogens with zero attached hydrogens (tertiary/aromatic N) is 3. The third kappa shape index (κ3) is 2.78. The largest absolute Gasteiger partial charge is 0.326 e. The van der Waals surface area contributed by atoms with Crippen molar-refractivity contribution >= 4 is 23.5 Å². The Morgan fingerprint density at radius 2 is 2.23 bits per heavy atom. The SMILES string of the molecule is O=C(CC1Cn2ncnc2NC1=O)Nc1ccc(F)c(F)c1. The minimum absolute atomic E-state index is 0.107. The highest BCUT2D eigenvalue weighted by molar-refractivity contribution is 5.98. The van der Waals surface area contributed by atoms with Gasteiger partial charge in [0.2, 0.25) is 17.8 Å². The number of hydrogen-bond acceptors (Lipinski definition) is 4. The summed E-state index contributed by atoms with van der Waals surface area (Å²) in [6.07, 6.45) is 1.20. The normalized spacial score (nSPS) is 16.8. The van der Waals surface area contributed by atoms with Gasteiger partial charge in [-0.3, -0.25) is 14.9 Å². The molecule has 0 saturated carbocycles. The molecule has 2 heterocycles. The lowest BCUT2D eigenvalue weighted by Crippen LogP contribution is -2.36. The molecule has 1 atom stereocenters. The zero-order valence-corrected chi connectivity index (χ0v) is 11.2. The van der Waals surface area contributed by atoms with E-state index in [1.54, 1.807) is 0 Å². The second-order valence-electron chi connectivity index (χ2n) is 4.83. The van der Waals surface area contributed by atoms with Crippen LogP contribution in [0.25, 0.3) is 0 Å². The molecular formula is C13H11F2N5O2. The average molecular weight is 307 g/mol. The van der Waals surface area contributed by atoms with Crippen LogP contribution in [0.3, 0.4) is 0 Å². The number of anilines is 2. The van der Waals surface area contributed by atoms with Gasteiger partial charge in [-0.25, -0.2) is 13.5 Å². The van der Waals surface area contributed by atoms with E-state index in [0.29, 0.717) is 5.95 Å². The zero-order chi connectivity index (χ0) is 15.7. The van der Waals surface area contributed by atoms with Crippen LogP contribution in [0, 0.1) is 17.6 Å². The number of carbonyl (C=O) groups excluding carboxylic acids is 2. The number of amides is 2. The summed E-state index contributed by atoms with van der Waals surface area (Å²) in [5, 5.41) is 8.88. The van der Waals surface area contributed by atoms with E-state index in [9.17, 15) is 18.4 Å². The molecule has 1 aliphatic rings. The molecule has 0 bridgehead atoms. The Kier molecular flexibility index (Phi) is 3.53. The van der Waals surface area contributed by atoms with E-state index in [2.05, 4.69) is 20.7 Å². The van der Waals surface area contributed by atoms with Crippen LogP contribution >= 0.6 is 0 Å². The van der Waals surface area contributed by atoms with Crippen LogP contribution < -0.4 is 10.6 Å². The number of halogens is 2. The van der Waals surface area contributed by atoms with Crippen LogP contribution in [0.4, 0.5) is 20.4 Å². The van der Waals surface area contributed by atoms with Crippen LogP contribution in [0.15, 0.2) is 24.5 Å². The summed E-state index contributed by atoms with van der Waals surface area (Å²) < 4.78 is 27.4. The fourth-order valence-electron chi connectivity index (χ4n) is 2.17. The molecule has 1 unspecified atom stereocenters. The second-order valence-corrected chi connectivity index (χ2v) is 4.83. The van der Waals surface area contributed by atoms with Gasteiger partial charge < -0.3 is 5.32 Å².